The lowest BCUT2D eigenvalue weighted by Crippen LogP contribution is -2.20. The molecule has 104 valence electrons. The first-order chi connectivity index (χ1) is 9.60. The van der Waals surface area contributed by atoms with Crippen LogP contribution in [-0.2, 0) is 9.63 Å². The highest BCUT2D eigenvalue weighted by Crippen LogP contribution is 2.28. The van der Waals surface area contributed by atoms with Crippen molar-refractivity contribution in [3.63, 3.8) is 0 Å². The number of ether oxygens (including phenoxy) is 1. The molecule has 0 N–H and O–H groups in total. The van der Waals surface area contributed by atoms with Crippen LogP contribution in [-0.4, -0.2) is 13.1 Å². The van der Waals surface area contributed by atoms with E-state index in [0.29, 0.717) is 16.4 Å². The van der Waals surface area contributed by atoms with Gasteiger partial charge < -0.3 is 9.57 Å². The molecule has 0 saturated heterocycles. The van der Waals surface area contributed by atoms with E-state index in [2.05, 4.69) is 0 Å². The zero-order valence-corrected chi connectivity index (χ0v) is 11.9. The summed E-state index contributed by atoms with van der Waals surface area (Å²) in [4.78, 5) is 16.5. The molecule has 0 heterocycles. The number of hydrogen-bond donors (Lipinski definition) is 0. The summed E-state index contributed by atoms with van der Waals surface area (Å²) < 4.78 is 5.11. The van der Waals surface area contributed by atoms with Gasteiger partial charge in [-0.05, 0) is 48.5 Å². The Morgan fingerprint density at radius 2 is 1.50 bits per heavy atom. The molecule has 0 saturated carbocycles. The molecular weight excluding hydrogens is 278 g/mol. The van der Waals surface area contributed by atoms with E-state index in [1.807, 2.05) is 0 Å². The predicted molar refractivity (Wildman–Crippen MR) is 78.4 cm³/mol. The van der Waals surface area contributed by atoms with Gasteiger partial charge in [0.2, 0.25) is 0 Å². The number of carbonyl (C=O) groups is 1. The number of methoxy groups -OCH3 is 1. The number of carbonyl (C=O) groups excluding carboxylic acids is 1. The van der Waals surface area contributed by atoms with E-state index in [-0.39, 0.29) is 0 Å². The molecule has 20 heavy (non-hydrogen) atoms. The lowest BCUT2D eigenvalue weighted by molar-refractivity contribution is -0.141. The minimum Gasteiger partial charge on any atom is -0.497 e. The molecule has 0 atom stereocenters. The molecule has 0 aliphatic heterocycles. The molecule has 0 radical (unpaired) electrons. The number of benzene rings is 2. The number of nitrogens with zero attached hydrogens (tertiary/aromatic N) is 1. The van der Waals surface area contributed by atoms with Crippen LogP contribution in [0.4, 0.5) is 11.4 Å². The third-order valence-corrected chi connectivity index (χ3v) is 2.84. The molecule has 0 spiro atoms. The van der Waals surface area contributed by atoms with Crippen molar-refractivity contribution in [2.75, 3.05) is 12.2 Å². The summed E-state index contributed by atoms with van der Waals surface area (Å²) in [5.74, 6) is 0.323. The number of rotatable bonds is 4. The summed E-state index contributed by atoms with van der Waals surface area (Å²) in [5, 5.41) is 2.06. The maximum atomic E-state index is 11.3. The van der Waals surface area contributed by atoms with Crippen molar-refractivity contribution >= 4 is 28.9 Å². The summed E-state index contributed by atoms with van der Waals surface area (Å²) in [6.45, 7) is 1.35. The van der Waals surface area contributed by atoms with Crippen LogP contribution in [0.3, 0.4) is 0 Å². The minimum atomic E-state index is -0.407. The van der Waals surface area contributed by atoms with Crippen molar-refractivity contribution in [3.05, 3.63) is 53.6 Å². The monoisotopic (exact) mass is 291 g/mol. The van der Waals surface area contributed by atoms with Crippen molar-refractivity contribution in [2.24, 2.45) is 0 Å². The van der Waals surface area contributed by atoms with E-state index >= 15 is 0 Å². The Hall–Kier alpha value is -2.20. The third kappa shape index (κ3) is 3.42. The Kier molecular flexibility index (Phi) is 4.48. The first kappa shape index (κ1) is 14.2. The molecule has 0 fully saturated rings. The fourth-order valence-corrected chi connectivity index (χ4v) is 1.80. The standard InChI is InChI=1S/C15H14ClNO3/c1-11(18)20-17(13-5-3-12(16)4-6-13)14-7-9-15(19-2)10-8-14/h3-10H,1-2H3. The lowest BCUT2D eigenvalue weighted by atomic mass is 10.2. The van der Waals surface area contributed by atoms with Crippen molar-refractivity contribution in [1.29, 1.82) is 0 Å². The summed E-state index contributed by atoms with van der Waals surface area (Å²) in [6.07, 6.45) is 0. The van der Waals surface area contributed by atoms with Crippen LogP contribution in [0.15, 0.2) is 48.5 Å². The van der Waals surface area contributed by atoms with Crippen molar-refractivity contribution in [1.82, 2.24) is 0 Å². The van der Waals surface area contributed by atoms with Crippen LogP contribution in [0, 0.1) is 0 Å². The summed E-state index contributed by atoms with van der Waals surface area (Å²) >= 11 is 5.86. The highest BCUT2D eigenvalue weighted by atomic mass is 35.5. The summed E-state index contributed by atoms with van der Waals surface area (Å²) in [5.41, 5.74) is 1.41. The van der Waals surface area contributed by atoms with E-state index in [0.717, 1.165) is 5.75 Å². The predicted octanol–water partition coefficient (Wildman–Crippen LogP) is 3.96. The van der Waals surface area contributed by atoms with Gasteiger partial charge >= 0.3 is 5.97 Å². The van der Waals surface area contributed by atoms with Crippen LogP contribution < -0.4 is 9.80 Å². The van der Waals surface area contributed by atoms with Gasteiger partial charge in [-0.25, -0.2) is 4.79 Å². The number of halogens is 1. The highest BCUT2D eigenvalue weighted by Gasteiger charge is 2.13. The summed E-state index contributed by atoms with van der Waals surface area (Å²) in [7, 11) is 1.60. The van der Waals surface area contributed by atoms with Gasteiger partial charge in [-0.3, -0.25) is 0 Å². The molecule has 0 bridgehead atoms. The van der Waals surface area contributed by atoms with Gasteiger partial charge in [0.05, 0.1) is 18.5 Å². The SMILES string of the molecule is COc1ccc(N(OC(C)=O)c2ccc(Cl)cc2)cc1. The molecule has 0 aromatic heterocycles. The van der Waals surface area contributed by atoms with Gasteiger partial charge in [0.1, 0.15) is 5.75 Å². The number of hydrogen-bond acceptors (Lipinski definition) is 4. The molecule has 2 rings (SSSR count). The van der Waals surface area contributed by atoms with Gasteiger partial charge in [0.15, 0.2) is 0 Å². The van der Waals surface area contributed by atoms with E-state index in [9.17, 15) is 4.79 Å². The molecule has 2 aromatic carbocycles. The Morgan fingerprint density at radius 3 is 1.95 bits per heavy atom. The second-order valence-electron chi connectivity index (χ2n) is 4.05. The third-order valence-electron chi connectivity index (χ3n) is 2.59. The average Bonchev–Trinajstić information content (AvgIpc) is 2.46. The molecule has 0 aliphatic rings. The first-order valence-corrected chi connectivity index (χ1v) is 6.36. The highest BCUT2D eigenvalue weighted by molar-refractivity contribution is 6.30. The summed E-state index contributed by atoms with van der Waals surface area (Å²) in [6, 6.07) is 14.2. The maximum absolute atomic E-state index is 11.3. The second-order valence-corrected chi connectivity index (χ2v) is 4.49. The average molecular weight is 292 g/mol. The first-order valence-electron chi connectivity index (χ1n) is 5.98. The van der Waals surface area contributed by atoms with E-state index in [1.54, 1.807) is 55.6 Å². The van der Waals surface area contributed by atoms with Gasteiger partial charge in [0.25, 0.3) is 0 Å². The van der Waals surface area contributed by atoms with E-state index in [1.165, 1.54) is 12.0 Å². The fraction of sp³-hybridized carbons (Fsp3) is 0.133. The molecule has 0 amide bonds. The van der Waals surface area contributed by atoms with E-state index in [4.69, 9.17) is 21.2 Å². The van der Waals surface area contributed by atoms with Gasteiger partial charge in [-0.2, -0.15) is 5.06 Å². The van der Waals surface area contributed by atoms with Crippen molar-refractivity contribution in [2.45, 2.75) is 6.92 Å². The zero-order valence-electron chi connectivity index (χ0n) is 11.2. The normalized spacial score (nSPS) is 9.95. The molecular formula is C15H14ClNO3. The molecule has 2 aromatic rings. The van der Waals surface area contributed by atoms with Crippen LogP contribution in [0.25, 0.3) is 0 Å². The molecule has 4 nitrogen and oxygen atoms in total. The Bertz CT molecular complexity index is 581. The Morgan fingerprint density at radius 1 is 1.00 bits per heavy atom. The van der Waals surface area contributed by atoms with Crippen molar-refractivity contribution in [3.8, 4) is 5.75 Å². The Balaban J connectivity index is 2.35. The number of anilines is 2. The van der Waals surface area contributed by atoms with Gasteiger partial charge in [-0.15, -0.1) is 0 Å². The van der Waals surface area contributed by atoms with Crippen LogP contribution >= 0.6 is 11.6 Å². The van der Waals surface area contributed by atoms with Crippen LogP contribution in [0.5, 0.6) is 5.75 Å². The van der Waals surface area contributed by atoms with E-state index < -0.39 is 5.97 Å². The van der Waals surface area contributed by atoms with Crippen LogP contribution in [0.1, 0.15) is 6.92 Å². The molecule has 0 unspecified atom stereocenters. The zero-order chi connectivity index (χ0) is 14.5. The van der Waals surface area contributed by atoms with Gasteiger partial charge in [0, 0.05) is 11.9 Å². The quantitative estimate of drug-likeness (QED) is 0.799. The fourth-order valence-electron chi connectivity index (χ4n) is 1.68. The van der Waals surface area contributed by atoms with Gasteiger partial charge in [-0.1, -0.05) is 11.6 Å². The van der Waals surface area contributed by atoms with Crippen LogP contribution in [0.2, 0.25) is 5.02 Å². The second kappa shape index (κ2) is 6.30. The van der Waals surface area contributed by atoms with Crippen molar-refractivity contribution < 1.29 is 14.4 Å². The maximum Gasteiger partial charge on any atom is 0.329 e. The lowest BCUT2D eigenvalue weighted by Gasteiger charge is -2.22. The molecule has 0 aliphatic carbocycles. The Labute approximate surface area is 122 Å². The smallest absolute Gasteiger partial charge is 0.329 e. The molecule has 5 heteroatoms. The minimum absolute atomic E-state index is 0.407. The topological polar surface area (TPSA) is 38.8 Å². The largest absolute Gasteiger partial charge is 0.497 e.